The van der Waals surface area contributed by atoms with Crippen LogP contribution in [-0.2, 0) is 0 Å². The molecule has 1 fully saturated rings. The molecule has 0 unspecified atom stereocenters. The van der Waals surface area contributed by atoms with Gasteiger partial charge in [-0.1, -0.05) is 13.0 Å². The minimum atomic E-state index is -0.510. The zero-order valence-electron chi connectivity index (χ0n) is 12.2. The summed E-state index contributed by atoms with van der Waals surface area (Å²) in [4.78, 5) is 2.41. The molecular formula is C16H25NO2. The van der Waals surface area contributed by atoms with E-state index in [0.717, 1.165) is 42.4 Å². The molecule has 1 N–H and O–H groups in total. The maximum Gasteiger partial charge on any atom is 0.126 e. The van der Waals surface area contributed by atoms with Crippen LogP contribution in [0, 0.1) is 5.92 Å². The number of nitrogens with zero attached hydrogens (tertiary/aromatic N) is 1. The van der Waals surface area contributed by atoms with Crippen molar-refractivity contribution in [3.8, 4) is 5.75 Å². The fourth-order valence-corrected chi connectivity index (χ4v) is 2.60. The minimum Gasteiger partial charge on any atom is -0.496 e. The van der Waals surface area contributed by atoms with Crippen LogP contribution in [0.25, 0.3) is 0 Å². The van der Waals surface area contributed by atoms with Crippen molar-refractivity contribution in [2.45, 2.75) is 39.2 Å². The lowest BCUT2D eigenvalue weighted by Crippen LogP contribution is -2.28. The molecule has 0 saturated heterocycles. The predicted molar refractivity (Wildman–Crippen MR) is 78.9 cm³/mol. The molecule has 0 radical (unpaired) electrons. The molecule has 1 atom stereocenters. The first-order valence-corrected chi connectivity index (χ1v) is 7.27. The number of aliphatic hydroxyl groups excluding tert-OH is 1. The molecule has 1 saturated carbocycles. The molecule has 0 heterocycles. The standard InChI is InChI=1S/C16H25NO2/c1-4-10-17(11-13-8-9-13)14-6-5-7-15(19-3)16(14)12(2)18/h5-7,12-13,18H,4,8-11H2,1-3H3/t12-/m1/s1. The average Bonchev–Trinajstić information content (AvgIpc) is 3.21. The second-order valence-electron chi connectivity index (χ2n) is 5.46. The van der Waals surface area contributed by atoms with Crippen LogP contribution in [-0.4, -0.2) is 25.3 Å². The zero-order valence-corrected chi connectivity index (χ0v) is 12.2. The van der Waals surface area contributed by atoms with E-state index in [1.807, 2.05) is 19.1 Å². The van der Waals surface area contributed by atoms with Crippen LogP contribution in [0.1, 0.15) is 44.8 Å². The summed E-state index contributed by atoms with van der Waals surface area (Å²) in [5.41, 5.74) is 2.04. The van der Waals surface area contributed by atoms with Crippen molar-refractivity contribution in [3.05, 3.63) is 23.8 Å². The van der Waals surface area contributed by atoms with Gasteiger partial charge in [0, 0.05) is 24.3 Å². The third kappa shape index (κ3) is 3.41. The van der Waals surface area contributed by atoms with E-state index >= 15 is 0 Å². The van der Waals surface area contributed by atoms with Crippen LogP contribution in [0.4, 0.5) is 5.69 Å². The van der Waals surface area contributed by atoms with Gasteiger partial charge in [-0.25, -0.2) is 0 Å². The van der Waals surface area contributed by atoms with Gasteiger partial charge in [0.15, 0.2) is 0 Å². The van der Waals surface area contributed by atoms with Gasteiger partial charge >= 0.3 is 0 Å². The number of aliphatic hydroxyl groups is 1. The van der Waals surface area contributed by atoms with Gasteiger partial charge in [-0.2, -0.15) is 0 Å². The van der Waals surface area contributed by atoms with Gasteiger partial charge in [-0.3, -0.25) is 0 Å². The Hall–Kier alpha value is -1.22. The fraction of sp³-hybridized carbons (Fsp3) is 0.625. The minimum absolute atomic E-state index is 0.510. The molecule has 0 aromatic heterocycles. The molecule has 1 aliphatic rings. The van der Waals surface area contributed by atoms with Crippen molar-refractivity contribution in [2.75, 3.05) is 25.1 Å². The van der Waals surface area contributed by atoms with Crippen molar-refractivity contribution >= 4 is 5.69 Å². The van der Waals surface area contributed by atoms with Crippen LogP contribution in [0.3, 0.4) is 0 Å². The Bertz CT molecular complexity index is 413. The van der Waals surface area contributed by atoms with Crippen LogP contribution in [0.15, 0.2) is 18.2 Å². The van der Waals surface area contributed by atoms with E-state index < -0.39 is 6.10 Å². The number of ether oxygens (including phenoxy) is 1. The number of methoxy groups -OCH3 is 1. The summed E-state index contributed by atoms with van der Waals surface area (Å²) in [6, 6.07) is 6.03. The van der Waals surface area contributed by atoms with Crippen LogP contribution in [0.2, 0.25) is 0 Å². The third-order valence-corrected chi connectivity index (χ3v) is 3.69. The highest BCUT2D eigenvalue weighted by atomic mass is 16.5. The SMILES string of the molecule is CCCN(CC1CC1)c1cccc(OC)c1[C@@H](C)O. The molecule has 1 aliphatic carbocycles. The van der Waals surface area contributed by atoms with E-state index in [1.165, 1.54) is 12.8 Å². The van der Waals surface area contributed by atoms with Crippen molar-refractivity contribution in [2.24, 2.45) is 5.92 Å². The van der Waals surface area contributed by atoms with Gasteiger partial charge in [0.25, 0.3) is 0 Å². The summed E-state index contributed by atoms with van der Waals surface area (Å²) < 4.78 is 5.41. The largest absolute Gasteiger partial charge is 0.496 e. The Balaban J connectivity index is 2.33. The summed E-state index contributed by atoms with van der Waals surface area (Å²) in [7, 11) is 1.66. The lowest BCUT2D eigenvalue weighted by atomic mass is 10.0. The molecular weight excluding hydrogens is 238 g/mol. The van der Waals surface area contributed by atoms with E-state index in [4.69, 9.17) is 4.74 Å². The second kappa shape index (κ2) is 6.29. The van der Waals surface area contributed by atoms with Gasteiger partial charge in [0.05, 0.1) is 13.2 Å². The van der Waals surface area contributed by atoms with E-state index in [-0.39, 0.29) is 0 Å². The number of benzene rings is 1. The van der Waals surface area contributed by atoms with Gasteiger partial charge in [0.2, 0.25) is 0 Å². The summed E-state index contributed by atoms with van der Waals surface area (Å²) in [5, 5.41) is 10.1. The molecule has 1 aromatic rings. The van der Waals surface area contributed by atoms with E-state index in [1.54, 1.807) is 7.11 Å². The van der Waals surface area contributed by atoms with Crippen molar-refractivity contribution in [3.63, 3.8) is 0 Å². The number of hydrogen-bond donors (Lipinski definition) is 1. The molecule has 3 heteroatoms. The Morgan fingerprint density at radius 3 is 2.68 bits per heavy atom. The molecule has 19 heavy (non-hydrogen) atoms. The first-order chi connectivity index (χ1) is 9.17. The summed E-state index contributed by atoms with van der Waals surface area (Å²) in [5.74, 6) is 1.61. The van der Waals surface area contributed by atoms with Crippen LogP contribution >= 0.6 is 0 Å². The van der Waals surface area contributed by atoms with E-state index in [2.05, 4.69) is 17.9 Å². The lowest BCUT2D eigenvalue weighted by Gasteiger charge is -2.28. The molecule has 0 spiro atoms. The molecule has 3 nitrogen and oxygen atoms in total. The van der Waals surface area contributed by atoms with Gasteiger partial charge < -0.3 is 14.7 Å². The monoisotopic (exact) mass is 263 g/mol. The second-order valence-corrected chi connectivity index (χ2v) is 5.46. The smallest absolute Gasteiger partial charge is 0.126 e. The Morgan fingerprint density at radius 1 is 1.42 bits per heavy atom. The quantitative estimate of drug-likeness (QED) is 0.818. The maximum absolute atomic E-state index is 10.1. The Labute approximate surface area is 116 Å². The lowest BCUT2D eigenvalue weighted by molar-refractivity contribution is 0.194. The Kier molecular flexibility index (Phi) is 4.70. The van der Waals surface area contributed by atoms with E-state index in [0.29, 0.717) is 0 Å². The van der Waals surface area contributed by atoms with Crippen LogP contribution < -0.4 is 9.64 Å². The maximum atomic E-state index is 10.1. The number of hydrogen-bond acceptors (Lipinski definition) is 3. The normalized spacial score (nSPS) is 16.2. The van der Waals surface area contributed by atoms with E-state index in [9.17, 15) is 5.11 Å². The topological polar surface area (TPSA) is 32.7 Å². The van der Waals surface area contributed by atoms with Crippen molar-refractivity contribution in [1.82, 2.24) is 0 Å². The first-order valence-electron chi connectivity index (χ1n) is 7.27. The molecule has 0 bridgehead atoms. The van der Waals surface area contributed by atoms with Gasteiger partial charge in [-0.15, -0.1) is 0 Å². The molecule has 0 aliphatic heterocycles. The molecule has 106 valence electrons. The summed E-state index contributed by atoms with van der Waals surface area (Å²) in [6.07, 6.45) is 3.29. The fourth-order valence-electron chi connectivity index (χ4n) is 2.60. The highest BCUT2D eigenvalue weighted by Crippen LogP contribution is 2.37. The highest BCUT2D eigenvalue weighted by molar-refractivity contribution is 5.60. The zero-order chi connectivity index (χ0) is 13.8. The van der Waals surface area contributed by atoms with Gasteiger partial charge in [-0.05, 0) is 44.2 Å². The molecule has 0 amide bonds. The summed E-state index contributed by atoms with van der Waals surface area (Å²) in [6.45, 7) is 6.13. The predicted octanol–water partition coefficient (Wildman–Crippen LogP) is 3.37. The van der Waals surface area contributed by atoms with Gasteiger partial charge in [0.1, 0.15) is 5.75 Å². The number of anilines is 1. The third-order valence-electron chi connectivity index (χ3n) is 3.69. The number of rotatable bonds is 7. The molecule has 1 aromatic carbocycles. The molecule has 2 rings (SSSR count). The van der Waals surface area contributed by atoms with Crippen molar-refractivity contribution in [1.29, 1.82) is 0 Å². The Morgan fingerprint density at radius 2 is 2.16 bits per heavy atom. The first kappa shape index (κ1) is 14.2. The summed E-state index contributed by atoms with van der Waals surface area (Å²) >= 11 is 0. The van der Waals surface area contributed by atoms with Crippen LogP contribution in [0.5, 0.6) is 5.75 Å². The average molecular weight is 263 g/mol. The van der Waals surface area contributed by atoms with Crippen molar-refractivity contribution < 1.29 is 9.84 Å². The highest BCUT2D eigenvalue weighted by Gasteiger charge is 2.26.